The molecule has 0 aliphatic carbocycles. The fourth-order valence-electron chi connectivity index (χ4n) is 4.52. The summed E-state index contributed by atoms with van der Waals surface area (Å²) in [7, 11) is 0. The van der Waals surface area contributed by atoms with Crippen molar-refractivity contribution in [2.24, 2.45) is 5.92 Å². The average Bonchev–Trinajstić information content (AvgIpc) is 3.48. The molecule has 3 N–H and O–H groups in total. The van der Waals surface area contributed by atoms with Gasteiger partial charge in [-0.15, -0.1) is 11.8 Å². The first-order chi connectivity index (χ1) is 16.3. The molecule has 4 heterocycles. The molecule has 34 heavy (non-hydrogen) atoms. The number of rotatable bonds is 5. The zero-order valence-corrected chi connectivity index (χ0v) is 20.4. The number of carbonyl (C=O) groups is 1. The molecular formula is C23H25FN6O2S2. The third-order valence-corrected chi connectivity index (χ3v) is 8.29. The molecule has 1 amide bonds. The van der Waals surface area contributed by atoms with Gasteiger partial charge in [-0.25, -0.2) is 18.7 Å². The van der Waals surface area contributed by atoms with E-state index >= 15 is 0 Å². The summed E-state index contributed by atoms with van der Waals surface area (Å²) in [5, 5.41) is 17.1. The highest BCUT2D eigenvalue weighted by Crippen LogP contribution is 2.45. The summed E-state index contributed by atoms with van der Waals surface area (Å²) in [6.07, 6.45) is 2.89. The molecule has 2 aliphatic heterocycles. The van der Waals surface area contributed by atoms with E-state index in [0.29, 0.717) is 24.6 Å². The third-order valence-electron chi connectivity index (χ3n) is 6.20. The van der Waals surface area contributed by atoms with Crippen LogP contribution in [0.2, 0.25) is 0 Å². The van der Waals surface area contributed by atoms with Gasteiger partial charge in [0, 0.05) is 41.4 Å². The average molecular weight is 501 g/mol. The second-order valence-corrected chi connectivity index (χ2v) is 11.0. The van der Waals surface area contributed by atoms with E-state index in [0.717, 1.165) is 16.8 Å². The fraction of sp³-hybridized carbons (Fsp3) is 0.391. The van der Waals surface area contributed by atoms with Crippen molar-refractivity contribution < 1.29 is 14.3 Å². The molecule has 5 rings (SSSR count). The Morgan fingerprint density at radius 2 is 2.12 bits per heavy atom. The molecule has 2 aromatic heterocycles. The van der Waals surface area contributed by atoms with Crippen molar-refractivity contribution in [3.63, 3.8) is 0 Å². The maximum atomic E-state index is 14.3. The Bertz CT molecular complexity index is 1170. The molecule has 11 heteroatoms. The van der Waals surface area contributed by atoms with Gasteiger partial charge >= 0.3 is 0 Å². The lowest BCUT2D eigenvalue weighted by molar-refractivity contribution is 0.0693. The molecule has 1 unspecified atom stereocenters. The fourth-order valence-corrected chi connectivity index (χ4v) is 6.63. The lowest BCUT2D eigenvalue weighted by Gasteiger charge is -2.42. The van der Waals surface area contributed by atoms with Gasteiger partial charge in [0.05, 0.1) is 11.7 Å². The topological polar surface area (TPSA) is 103 Å². The first-order valence-electron chi connectivity index (χ1n) is 10.9. The van der Waals surface area contributed by atoms with Crippen molar-refractivity contribution in [1.29, 1.82) is 0 Å². The normalized spacial score (nSPS) is 24.6. The van der Waals surface area contributed by atoms with E-state index in [1.165, 1.54) is 25.4 Å². The molecule has 0 bridgehead atoms. The van der Waals surface area contributed by atoms with Crippen LogP contribution in [-0.4, -0.2) is 49.7 Å². The minimum absolute atomic E-state index is 0.0328. The quantitative estimate of drug-likeness (QED) is 0.491. The molecule has 2 saturated heterocycles. The number of anilines is 1. The predicted octanol–water partition coefficient (Wildman–Crippen LogP) is 2.68. The van der Waals surface area contributed by atoms with E-state index in [9.17, 15) is 14.3 Å². The van der Waals surface area contributed by atoms with Gasteiger partial charge in [-0.1, -0.05) is 18.2 Å². The smallest absolute Gasteiger partial charge is 0.253 e. The number of carbonyl (C=O) groups excluding carboxylic acids is 1. The van der Waals surface area contributed by atoms with Crippen molar-refractivity contribution in [2.75, 3.05) is 23.7 Å². The molecular weight excluding hydrogens is 475 g/mol. The monoisotopic (exact) mass is 500 g/mol. The number of hydrogen-bond acceptors (Lipinski definition) is 9. The number of hydrogen-bond donors (Lipinski definition) is 3. The van der Waals surface area contributed by atoms with Crippen molar-refractivity contribution in [3.05, 3.63) is 70.7 Å². The van der Waals surface area contributed by atoms with Gasteiger partial charge in [0.1, 0.15) is 16.8 Å². The summed E-state index contributed by atoms with van der Waals surface area (Å²) in [4.78, 5) is 24.4. The van der Waals surface area contributed by atoms with Crippen molar-refractivity contribution in [1.82, 2.24) is 25.0 Å². The first kappa shape index (κ1) is 23.2. The van der Waals surface area contributed by atoms with Gasteiger partial charge in [0.2, 0.25) is 5.95 Å². The first-order valence-corrected chi connectivity index (χ1v) is 12.8. The Kier molecular flexibility index (Phi) is 6.05. The Morgan fingerprint density at radius 3 is 2.82 bits per heavy atom. The number of fused-ring (bicyclic) bond motifs is 1. The summed E-state index contributed by atoms with van der Waals surface area (Å²) < 4.78 is 18.6. The molecule has 0 radical (unpaired) electrons. The van der Waals surface area contributed by atoms with Crippen LogP contribution < -0.4 is 15.5 Å². The largest absolute Gasteiger partial charge is 0.384 e. The van der Waals surface area contributed by atoms with Crippen LogP contribution in [-0.2, 0) is 11.1 Å². The zero-order chi connectivity index (χ0) is 23.9. The Morgan fingerprint density at radius 1 is 1.32 bits per heavy atom. The van der Waals surface area contributed by atoms with Crippen molar-refractivity contribution >= 4 is 35.1 Å². The van der Waals surface area contributed by atoms with Gasteiger partial charge in [0.15, 0.2) is 5.82 Å². The van der Waals surface area contributed by atoms with Crippen molar-refractivity contribution in [2.45, 2.75) is 30.5 Å². The van der Waals surface area contributed by atoms with Gasteiger partial charge in [-0.05, 0) is 43.6 Å². The minimum Gasteiger partial charge on any atom is -0.384 e. The van der Waals surface area contributed by atoms with Gasteiger partial charge in [-0.3, -0.25) is 10.1 Å². The van der Waals surface area contributed by atoms with Crippen LogP contribution in [0.1, 0.15) is 34.8 Å². The maximum Gasteiger partial charge on any atom is 0.253 e. The van der Waals surface area contributed by atoms with Crippen LogP contribution in [0.4, 0.5) is 10.3 Å². The van der Waals surface area contributed by atoms with Crippen LogP contribution in [0, 0.1) is 11.7 Å². The van der Waals surface area contributed by atoms with E-state index in [1.807, 2.05) is 29.2 Å². The van der Waals surface area contributed by atoms with E-state index in [1.54, 1.807) is 30.1 Å². The Hall–Kier alpha value is -2.60. The summed E-state index contributed by atoms with van der Waals surface area (Å²) in [5.41, 5.74) is -1.63. The van der Waals surface area contributed by atoms with Gasteiger partial charge in [-0.2, -0.15) is 0 Å². The van der Waals surface area contributed by atoms with E-state index in [4.69, 9.17) is 0 Å². The van der Waals surface area contributed by atoms with Gasteiger partial charge in [0.25, 0.3) is 5.91 Å². The van der Waals surface area contributed by atoms with E-state index < -0.39 is 17.0 Å². The molecule has 2 aliphatic rings. The highest BCUT2D eigenvalue weighted by atomic mass is 32.2. The maximum absolute atomic E-state index is 14.3. The number of aromatic nitrogens is 3. The van der Waals surface area contributed by atoms with Gasteiger partial charge < -0.3 is 15.3 Å². The molecule has 0 spiro atoms. The van der Waals surface area contributed by atoms with Crippen LogP contribution in [0.25, 0.3) is 0 Å². The summed E-state index contributed by atoms with van der Waals surface area (Å²) in [6.45, 7) is 4.18. The SMILES string of the molecule is CC(C)(O)c1nc(N2C[C@H]3CSC(NC(=O)c4ccccc4)N[C@@]3(c3ccns3)C2)ncc1F. The molecule has 1 aromatic carbocycles. The number of nitrogens with one attached hydrogen (secondary N) is 2. The molecule has 178 valence electrons. The molecule has 3 atom stereocenters. The molecule has 3 aromatic rings. The molecule has 2 fully saturated rings. The summed E-state index contributed by atoms with van der Waals surface area (Å²) in [5.74, 6) is 0.564. The molecule has 0 saturated carbocycles. The summed E-state index contributed by atoms with van der Waals surface area (Å²) in [6, 6.07) is 11.1. The van der Waals surface area contributed by atoms with Crippen LogP contribution in [0.15, 0.2) is 48.8 Å². The number of nitrogens with zero attached hydrogens (tertiary/aromatic N) is 4. The number of thioether (sulfide) groups is 1. The van der Waals surface area contributed by atoms with E-state index in [-0.39, 0.29) is 23.0 Å². The third kappa shape index (κ3) is 4.28. The molecule has 8 nitrogen and oxygen atoms in total. The Balaban J connectivity index is 1.42. The van der Waals surface area contributed by atoms with Crippen LogP contribution >= 0.6 is 23.3 Å². The van der Waals surface area contributed by atoms with E-state index in [2.05, 4.69) is 25.0 Å². The highest BCUT2D eigenvalue weighted by Gasteiger charge is 2.53. The number of halogens is 1. The minimum atomic E-state index is -1.43. The highest BCUT2D eigenvalue weighted by molar-refractivity contribution is 7.99. The Labute approximate surface area is 205 Å². The van der Waals surface area contributed by atoms with Crippen LogP contribution in [0.5, 0.6) is 0 Å². The second kappa shape index (κ2) is 8.88. The standard InChI is InChI=1S/C23H25FN6O2S2/c1-22(2,32)18-16(24)10-25-20(27-18)30-11-15-12-33-21(28-19(31)14-6-4-3-5-7-14)29-23(15,13-30)17-8-9-26-34-17/h3-10,15,21,29,32H,11-13H2,1-2H3,(H,28,31)/t15-,21?,23-/m0/s1. The zero-order valence-electron chi connectivity index (χ0n) is 18.7. The number of benzene rings is 1. The lowest BCUT2D eigenvalue weighted by Crippen LogP contribution is -2.60. The lowest BCUT2D eigenvalue weighted by atomic mass is 9.86. The van der Waals surface area contributed by atoms with Crippen LogP contribution in [0.3, 0.4) is 0 Å². The second-order valence-electron chi connectivity index (χ2n) is 9.05. The predicted molar refractivity (Wildman–Crippen MR) is 130 cm³/mol. The number of aliphatic hydroxyl groups is 1. The van der Waals surface area contributed by atoms with Crippen molar-refractivity contribution in [3.8, 4) is 0 Å². The number of amides is 1. The summed E-state index contributed by atoms with van der Waals surface area (Å²) >= 11 is 3.06.